The van der Waals surface area contributed by atoms with Gasteiger partial charge < -0.3 is 4.42 Å². The van der Waals surface area contributed by atoms with Crippen molar-refractivity contribution in [1.29, 1.82) is 0 Å². The Morgan fingerprint density at radius 3 is 1.46 bits per heavy atom. The van der Waals surface area contributed by atoms with E-state index in [0.29, 0.717) is 0 Å². The van der Waals surface area contributed by atoms with Crippen molar-refractivity contribution in [3.05, 3.63) is 206 Å². The van der Waals surface area contributed by atoms with Crippen LogP contribution in [0.5, 0.6) is 0 Å². The fraction of sp³-hybridized carbons (Fsp3) is 0. The first-order valence-corrected chi connectivity index (χ1v) is 20.4. The van der Waals surface area contributed by atoms with Crippen molar-refractivity contribution in [2.45, 2.75) is 0 Å². The molecule has 0 radical (unpaired) electrons. The number of fused-ring (bicyclic) bond motifs is 14. The summed E-state index contributed by atoms with van der Waals surface area (Å²) in [5.74, 6) is 0. The van der Waals surface area contributed by atoms with Crippen molar-refractivity contribution < 1.29 is 4.42 Å². The molecule has 0 fully saturated rings. The molecule has 1 aromatic heterocycles. The number of hydrogen-bond donors (Lipinski definition) is 0. The Morgan fingerprint density at radius 1 is 0.237 bits per heavy atom. The van der Waals surface area contributed by atoms with E-state index in [1.807, 2.05) is 0 Å². The molecule has 1 heterocycles. The van der Waals surface area contributed by atoms with Crippen LogP contribution in [0.15, 0.2) is 211 Å². The maximum Gasteiger partial charge on any atom is 0.143 e. The second-order valence-electron chi connectivity index (χ2n) is 16.0. The topological polar surface area (TPSA) is 13.1 Å². The molecular weight excluding hydrogens is 713 g/mol. The van der Waals surface area contributed by atoms with E-state index < -0.39 is 0 Å². The fourth-order valence-corrected chi connectivity index (χ4v) is 9.89. The Kier molecular flexibility index (Phi) is 6.79. The molecule has 59 heavy (non-hydrogen) atoms. The third-order valence-corrected chi connectivity index (χ3v) is 12.8. The quantitative estimate of drug-likeness (QED) is 0.130. The Morgan fingerprint density at radius 2 is 0.729 bits per heavy atom. The standard InChI is InChI=1S/C58H34O/c1-2-10-38-30-44-31-43(22-21-41(44)29-37(38)9-1)46-26-25-45(47-13-5-6-14-48(46)47)36-19-17-35(18-20-36)42-23-24-52-54(32-42)50-16-8-7-15-49(50)51-27-28-53-55-33-39-11-3-4-12-40(39)34-56(55)59-58(53)57(51)52/h1-34H. The predicted molar refractivity (Wildman–Crippen MR) is 253 cm³/mol. The molecule has 13 rings (SSSR count). The molecule has 0 amide bonds. The SMILES string of the molecule is c1ccc2cc3cc(-c4ccc(-c5ccc(-c6ccc7c(c6)c6ccccc6c6ccc8c9cc%10ccccc%10cc9oc8c67)cc5)c5ccccc45)ccc3cc2c1. The van der Waals surface area contributed by atoms with Gasteiger partial charge in [0, 0.05) is 16.2 Å². The van der Waals surface area contributed by atoms with Gasteiger partial charge in [-0.3, -0.25) is 0 Å². The van der Waals surface area contributed by atoms with Crippen LogP contribution in [-0.4, -0.2) is 0 Å². The molecule has 0 N–H and O–H groups in total. The van der Waals surface area contributed by atoms with E-state index in [9.17, 15) is 0 Å². The van der Waals surface area contributed by atoms with Crippen LogP contribution in [0.2, 0.25) is 0 Å². The zero-order chi connectivity index (χ0) is 38.6. The molecule has 12 aromatic carbocycles. The lowest BCUT2D eigenvalue weighted by Gasteiger charge is -2.14. The summed E-state index contributed by atoms with van der Waals surface area (Å²) in [6, 6.07) is 75.9. The minimum Gasteiger partial charge on any atom is -0.455 e. The van der Waals surface area contributed by atoms with Crippen molar-refractivity contribution in [3.63, 3.8) is 0 Å². The van der Waals surface area contributed by atoms with Crippen molar-refractivity contribution in [3.8, 4) is 33.4 Å². The normalized spacial score (nSPS) is 12.1. The predicted octanol–water partition coefficient (Wildman–Crippen LogP) is 16.7. The zero-order valence-electron chi connectivity index (χ0n) is 32.0. The fourth-order valence-electron chi connectivity index (χ4n) is 9.89. The van der Waals surface area contributed by atoms with Gasteiger partial charge in [0.2, 0.25) is 0 Å². The second-order valence-corrected chi connectivity index (χ2v) is 16.0. The van der Waals surface area contributed by atoms with Gasteiger partial charge in [-0.2, -0.15) is 0 Å². The molecule has 0 saturated carbocycles. The first-order chi connectivity index (χ1) is 29.2. The van der Waals surface area contributed by atoms with Gasteiger partial charge in [-0.25, -0.2) is 0 Å². The maximum absolute atomic E-state index is 6.79. The lowest BCUT2D eigenvalue weighted by molar-refractivity contribution is 0.673. The summed E-state index contributed by atoms with van der Waals surface area (Å²) in [6.45, 7) is 0. The summed E-state index contributed by atoms with van der Waals surface area (Å²) in [5, 5.41) is 19.6. The Bertz CT molecular complexity index is 3890. The van der Waals surface area contributed by atoms with Crippen LogP contribution >= 0.6 is 0 Å². The highest BCUT2D eigenvalue weighted by Gasteiger charge is 2.18. The van der Waals surface area contributed by atoms with Crippen LogP contribution in [0.4, 0.5) is 0 Å². The molecular formula is C58H34O. The summed E-state index contributed by atoms with van der Waals surface area (Å²) in [5.41, 5.74) is 9.19. The average molecular weight is 747 g/mol. The van der Waals surface area contributed by atoms with Crippen molar-refractivity contribution in [2.75, 3.05) is 0 Å². The number of rotatable bonds is 3. The van der Waals surface area contributed by atoms with Crippen LogP contribution in [0.3, 0.4) is 0 Å². The Balaban J connectivity index is 0.920. The van der Waals surface area contributed by atoms with Crippen molar-refractivity contribution in [2.24, 2.45) is 0 Å². The molecule has 0 saturated heterocycles. The van der Waals surface area contributed by atoms with E-state index in [2.05, 4.69) is 206 Å². The van der Waals surface area contributed by atoms with Gasteiger partial charge >= 0.3 is 0 Å². The second kappa shape index (κ2) is 12.4. The smallest absolute Gasteiger partial charge is 0.143 e. The first-order valence-electron chi connectivity index (χ1n) is 20.4. The van der Waals surface area contributed by atoms with Gasteiger partial charge in [-0.1, -0.05) is 164 Å². The van der Waals surface area contributed by atoms with Crippen LogP contribution in [0.1, 0.15) is 0 Å². The number of hydrogen-bond acceptors (Lipinski definition) is 1. The van der Waals surface area contributed by atoms with Gasteiger partial charge in [-0.05, 0) is 146 Å². The van der Waals surface area contributed by atoms with Crippen molar-refractivity contribution in [1.82, 2.24) is 0 Å². The van der Waals surface area contributed by atoms with Gasteiger partial charge in [0.15, 0.2) is 0 Å². The molecule has 1 nitrogen and oxygen atoms in total. The van der Waals surface area contributed by atoms with Crippen LogP contribution in [0, 0.1) is 0 Å². The lowest BCUT2D eigenvalue weighted by Crippen LogP contribution is -1.88. The monoisotopic (exact) mass is 746 g/mol. The molecule has 0 bridgehead atoms. The van der Waals surface area contributed by atoms with Gasteiger partial charge in [-0.15, -0.1) is 0 Å². The molecule has 0 spiro atoms. The third-order valence-electron chi connectivity index (χ3n) is 12.8. The van der Waals surface area contributed by atoms with E-state index in [1.165, 1.54) is 109 Å². The van der Waals surface area contributed by atoms with E-state index in [1.54, 1.807) is 0 Å². The Labute approximate surface area is 340 Å². The summed E-state index contributed by atoms with van der Waals surface area (Å²) in [4.78, 5) is 0. The van der Waals surface area contributed by atoms with E-state index >= 15 is 0 Å². The largest absolute Gasteiger partial charge is 0.455 e. The maximum atomic E-state index is 6.79. The molecule has 0 unspecified atom stereocenters. The van der Waals surface area contributed by atoms with Crippen LogP contribution < -0.4 is 0 Å². The zero-order valence-corrected chi connectivity index (χ0v) is 32.0. The van der Waals surface area contributed by atoms with E-state index in [0.717, 1.165) is 21.9 Å². The molecule has 0 aliphatic rings. The first kappa shape index (κ1) is 32.4. The van der Waals surface area contributed by atoms with Gasteiger partial charge in [0.1, 0.15) is 11.2 Å². The van der Waals surface area contributed by atoms with Crippen LogP contribution in [-0.2, 0) is 0 Å². The van der Waals surface area contributed by atoms with Gasteiger partial charge in [0.05, 0.1) is 0 Å². The van der Waals surface area contributed by atoms with Crippen LogP contribution in [0.25, 0.3) is 131 Å². The lowest BCUT2D eigenvalue weighted by atomic mass is 9.89. The van der Waals surface area contributed by atoms with Gasteiger partial charge in [0.25, 0.3) is 0 Å². The Hall–Kier alpha value is -7.74. The highest BCUT2D eigenvalue weighted by molar-refractivity contribution is 6.33. The van der Waals surface area contributed by atoms with E-state index in [4.69, 9.17) is 4.42 Å². The molecule has 13 aromatic rings. The minimum absolute atomic E-state index is 0.925. The highest BCUT2D eigenvalue weighted by Crippen LogP contribution is 2.44. The molecule has 1 heteroatoms. The number of furan rings is 1. The summed E-state index contributed by atoms with van der Waals surface area (Å²) < 4.78 is 6.79. The average Bonchev–Trinajstić information content (AvgIpc) is 3.67. The molecule has 0 aliphatic heterocycles. The molecule has 0 aliphatic carbocycles. The number of benzene rings is 12. The molecule has 0 atom stereocenters. The highest BCUT2D eigenvalue weighted by atomic mass is 16.3. The molecule has 272 valence electrons. The van der Waals surface area contributed by atoms with E-state index in [-0.39, 0.29) is 0 Å². The summed E-state index contributed by atoms with van der Waals surface area (Å²) in [7, 11) is 0. The summed E-state index contributed by atoms with van der Waals surface area (Å²) >= 11 is 0. The van der Waals surface area contributed by atoms with Crippen molar-refractivity contribution >= 4 is 97.3 Å². The minimum atomic E-state index is 0.925. The summed E-state index contributed by atoms with van der Waals surface area (Å²) in [6.07, 6.45) is 0. The third kappa shape index (κ3) is 4.92.